The van der Waals surface area contributed by atoms with Gasteiger partial charge in [0, 0.05) is 0 Å². The maximum Gasteiger partial charge on any atom is 0.292 e. The van der Waals surface area contributed by atoms with Gasteiger partial charge in [-0.2, -0.15) is 4.98 Å². The van der Waals surface area contributed by atoms with Crippen molar-refractivity contribution < 1.29 is 49.7 Å². The Kier molecular flexibility index (Phi) is 5.55. The summed E-state index contributed by atoms with van der Waals surface area (Å²) >= 11 is 0. The summed E-state index contributed by atoms with van der Waals surface area (Å²) in [5.41, 5.74) is 0. The lowest BCUT2D eigenvalue weighted by Gasteiger charge is -2.38. The molecule has 12 heteroatoms. The SMILES string of the molecule is OC[C@H]1O[C@@H](c2noc(C3=C[C@@H](O)[C@H](O)[C@@H](CO)O3)n2)[C@H](O)[C@@H](O)[C@@H]1O. The van der Waals surface area contributed by atoms with Crippen LogP contribution in [0.25, 0.3) is 5.76 Å². The van der Waals surface area contributed by atoms with Crippen LogP contribution in [-0.2, 0) is 9.47 Å². The molecule has 0 unspecified atom stereocenters. The van der Waals surface area contributed by atoms with Gasteiger partial charge in [-0.3, -0.25) is 0 Å². The zero-order valence-corrected chi connectivity index (χ0v) is 13.4. The molecule has 2 aliphatic heterocycles. The van der Waals surface area contributed by atoms with Crippen molar-refractivity contribution in [3.05, 3.63) is 17.8 Å². The highest BCUT2D eigenvalue weighted by Gasteiger charge is 2.46. The Labute approximate surface area is 146 Å². The molecule has 1 saturated heterocycles. The summed E-state index contributed by atoms with van der Waals surface area (Å²) in [6, 6.07) is 0. The van der Waals surface area contributed by atoms with Crippen molar-refractivity contribution in [3.63, 3.8) is 0 Å². The van der Waals surface area contributed by atoms with E-state index >= 15 is 0 Å². The van der Waals surface area contributed by atoms with Gasteiger partial charge in [-0.05, 0) is 6.08 Å². The zero-order chi connectivity index (χ0) is 19.0. The van der Waals surface area contributed by atoms with E-state index < -0.39 is 62.0 Å². The fraction of sp³-hybridized carbons (Fsp3) is 0.714. The van der Waals surface area contributed by atoms with Crippen LogP contribution in [0.3, 0.4) is 0 Å². The van der Waals surface area contributed by atoms with Crippen LogP contribution in [-0.4, -0.2) is 102 Å². The Balaban J connectivity index is 1.82. The van der Waals surface area contributed by atoms with Crippen molar-refractivity contribution in [2.75, 3.05) is 13.2 Å². The molecule has 26 heavy (non-hydrogen) atoms. The van der Waals surface area contributed by atoms with E-state index in [2.05, 4.69) is 10.1 Å². The first-order chi connectivity index (χ1) is 12.4. The summed E-state index contributed by atoms with van der Waals surface area (Å²) in [7, 11) is 0. The monoisotopic (exact) mass is 376 g/mol. The summed E-state index contributed by atoms with van der Waals surface area (Å²) in [5, 5.41) is 71.1. The third-order valence-electron chi connectivity index (χ3n) is 4.31. The molecule has 1 aromatic rings. The topological polar surface area (TPSA) is 199 Å². The van der Waals surface area contributed by atoms with Gasteiger partial charge in [0.15, 0.2) is 11.9 Å². The Bertz CT molecular complexity index is 649. The van der Waals surface area contributed by atoms with Crippen molar-refractivity contribution in [2.45, 2.75) is 48.8 Å². The molecule has 3 rings (SSSR count). The number of nitrogens with zero attached hydrogens (tertiary/aromatic N) is 2. The predicted octanol–water partition coefficient (Wildman–Crippen LogP) is -3.96. The van der Waals surface area contributed by atoms with E-state index in [-0.39, 0.29) is 17.5 Å². The molecule has 0 saturated carbocycles. The first-order valence-corrected chi connectivity index (χ1v) is 7.87. The molecule has 1 fully saturated rings. The normalized spacial score (nSPS) is 40.8. The van der Waals surface area contributed by atoms with E-state index in [0.717, 1.165) is 6.08 Å². The lowest BCUT2D eigenvalue weighted by atomic mass is 9.95. The zero-order valence-electron chi connectivity index (χ0n) is 13.4. The second-order valence-corrected chi connectivity index (χ2v) is 6.06. The third kappa shape index (κ3) is 3.33. The second-order valence-electron chi connectivity index (χ2n) is 6.06. The van der Waals surface area contributed by atoms with Gasteiger partial charge in [0.1, 0.15) is 42.7 Å². The first kappa shape index (κ1) is 19.1. The fourth-order valence-electron chi connectivity index (χ4n) is 2.78. The van der Waals surface area contributed by atoms with Crippen LogP contribution in [0, 0.1) is 0 Å². The van der Waals surface area contributed by atoms with E-state index in [1.807, 2.05) is 0 Å². The van der Waals surface area contributed by atoms with Crippen molar-refractivity contribution >= 4 is 5.76 Å². The lowest BCUT2D eigenvalue weighted by Crippen LogP contribution is -2.55. The molecule has 0 bridgehead atoms. The van der Waals surface area contributed by atoms with E-state index in [1.165, 1.54) is 0 Å². The standard InChI is InChI=1S/C14H20N2O10/c17-2-6-8(20)4(19)1-5(24-6)14-15-13(16-26-14)12-11(23)10(22)9(21)7(3-18)25-12/h1,4,6-12,17-23H,2-3H2/t4-,6-,7-,8+,9-,10+,11-,12-/m1/s1. The Morgan fingerprint density at radius 2 is 1.58 bits per heavy atom. The maximum atomic E-state index is 10.1. The number of aliphatic hydroxyl groups is 7. The fourth-order valence-corrected chi connectivity index (χ4v) is 2.78. The molecule has 12 nitrogen and oxygen atoms in total. The number of ether oxygens (including phenoxy) is 2. The predicted molar refractivity (Wildman–Crippen MR) is 79.0 cm³/mol. The molecule has 0 amide bonds. The Morgan fingerprint density at radius 1 is 0.885 bits per heavy atom. The first-order valence-electron chi connectivity index (χ1n) is 7.87. The van der Waals surface area contributed by atoms with Crippen molar-refractivity contribution in [1.29, 1.82) is 0 Å². The molecule has 7 N–H and O–H groups in total. The number of aliphatic hydroxyl groups excluding tert-OH is 7. The van der Waals surface area contributed by atoms with Gasteiger partial charge < -0.3 is 49.7 Å². The highest BCUT2D eigenvalue weighted by atomic mass is 16.6. The number of hydrogen-bond acceptors (Lipinski definition) is 12. The smallest absolute Gasteiger partial charge is 0.292 e. The average molecular weight is 376 g/mol. The van der Waals surface area contributed by atoms with Crippen LogP contribution in [0.4, 0.5) is 0 Å². The number of rotatable bonds is 4. The van der Waals surface area contributed by atoms with Gasteiger partial charge in [0.2, 0.25) is 5.82 Å². The Hall–Kier alpha value is -1.64. The van der Waals surface area contributed by atoms with E-state index in [9.17, 15) is 35.7 Å². The summed E-state index contributed by atoms with van der Waals surface area (Å²) in [4.78, 5) is 3.96. The molecule has 146 valence electrons. The van der Waals surface area contributed by atoms with Gasteiger partial charge in [0.05, 0.1) is 13.2 Å². The molecular weight excluding hydrogens is 356 g/mol. The molecule has 1 aromatic heterocycles. The molecule has 0 aliphatic carbocycles. The quantitative estimate of drug-likeness (QED) is 0.269. The van der Waals surface area contributed by atoms with Crippen molar-refractivity contribution in [3.8, 4) is 0 Å². The molecule has 0 spiro atoms. The molecular formula is C14H20N2O10. The minimum atomic E-state index is -1.60. The van der Waals surface area contributed by atoms with E-state index in [1.54, 1.807) is 0 Å². The van der Waals surface area contributed by atoms with Gasteiger partial charge >= 0.3 is 0 Å². The average Bonchev–Trinajstić information content (AvgIpc) is 3.12. The number of aromatic nitrogens is 2. The van der Waals surface area contributed by atoms with E-state index in [0.29, 0.717) is 0 Å². The van der Waals surface area contributed by atoms with Gasteiger partial charge in [-0.1, -0.05) is 5.16 Å². The highest BCUT2D eigenvalue weighted by Crippen LogP contribution is 2.32. The second kappa shape index (κ2) is 7.54. The minimum absolute atomic E-state index is 0.0924. The summed E-state index contributed by atoms with van der Waals surface area (Å²) in [6.07, 6.45) is -9.81. The highest BCUT2D eigenvalue weighted by molar-refractivity contribution is 5.53. The molecule has 8 atom stereocenters. The summed E-state index contributed by atoms with van der Waals surface area (Å²) in [5.74, 6) is -0.505. The molecule has 0 aromatic carbocycles. The van der Waals surface area contributed by atoms with Crippen LogP contribution >= 0.6 is 0 Å². The van der Waals surface area contributed by atoms with Gasteiger partial charge in [-0.25, -0.2) is 0 Å². The van der Waals surface area contributed by atoms with Crippen LogP contribution in [0.15, 0.2) is 10.6 Å². The van der Waals surface area contributed by atoms with Crippen molar-refractivity contribution in [1.82, 2.24) is 10.1 Å². The molecule has 0 radical (unpaired) electrons. The largest absolute Gasteiger partial charge is 0.480 e. The van der Waals surface area contributed by atoms with Crippen LogP contribution < -0.4 is 0 Å². The van der Waals surface area contributed by atoms with Crippen molar-refractivity contribution in [2.24, 2.45) is 0 Å². The Morgan fingerprint density at radius 3 is 2.23 bits per heavy atom. The van der Waals surface area contributed by atoms with Crippen LogP contribution in [0.5, 0.6) is 0 Å². The van der Waals surface area contributed by atoms with Crippen LogP contribution in [0.1, 0.15) is 17.8 Å². The van der Waals surface area contributed by atoms with E-state index in [4.69, 9.17) is 14.0 Å². The molecule has 3 heterocycles. The lowest BCUT2D eigenvalue weighted by molar-refractivity contribution is -0.233. The maximum absolute atomic E-state index is 10.1. The van der Waals surface area contributed by atoms with Crippen LogP contribution in [0.2, 0.25) is 0 Å². The van der Waals surface area contributed by atoms with Gasteiger partial charge in [0.25, 0.3) is 5.89 Å². The molecule has 2 aliphatic rings. The summed E-state index contributed by atoms with van der Waals surface area (Å²) < 4.78 is 15.6. The number of hydrogen-bond donors (Lipinski definition) is 7. The minimum Gasteiger partial charge on any atom is -0.480 e. The summed E-state index contributed by atoms with van der Waals surface area (Å²) in [6.45, 7) is -1.17. The third-order valence-corrected chi connectivity index (χ3v) is 4.31. The van der Waals surface area contributed by atoms with Gasteiger partial charge in [-0.15, -0.1) is 0 Å².